The maximum Gasteiger partial charge on any atom is 0.414 e. The molecule has 0 aliphatic rings. The summed E-state index contributed by atoms with van der Waals surface area (Å²) in [5.41, 5.74) is 0.297. The number of unbranched alkanes of at least 4 members (excludes halogenated alkanes) is 1. The topological polar surface area (TPSA) is 122 Å². The molecule has 25 heavy (non-hydrogen) atoms. The smallest absolute Gasteiger partial charge is 0.414 e. The third-order valence-corrected chi connectivity index (χ3v) is 3.79. The number of carbonyl (C=O) groups is 2. The Morgan fingerprint density at radius 1 is 1.08 bits per heavy atom. The number of aromatic nitrogens is 2. The van der Waals surface area contributed by atoms with Crippen LogP contribution in [0.5, 0.6) is 0 Å². The fourth-order valence-corrected chi connectivity index (χ4v) is 2.20. The van der Waals surface area contributed by atoms with E-state index in [4.69, 9.17) is 19.8 Å². The molecule has 1 aromatic heterocycles. The second-order valence-electron chi connectivity index (χ2n) is 5.46. The Balaban J connectivity index is 0.000000823. The first kappa shape index (κ1) is 22.6. The van der Waals surface area contributed by atoms with E-state index in [9.17, 15) is 9.59 Å². The van der Waals surface area contributed by atoms with Crippen molar-refractivity contribution in [3.63, 3.8) is 0 Å². The highest BCUT2D eigenvalue weighted by Gasteiger charge is 2.06. The second-order valence-corrected chi connectivity index (χ2v) is 5.46. The van der Waals surface area contributed by atoms with Gasteiger partial charge in [0, 0.05) is 25.4 Å². The summed E-state index contributed by atoms with van der Waals surface area (Å²) in [5.74, 6) is -3.65. The summed E-state index contributed by atoms with van der Waals surface area (Å²) < 4.78 is 2.85. The van der Waals surface area contributed by atoms with Gasteiger partial charge < -0.3 is 15.1 Å². The minimum Gasteiger partial charge on any atom is -0.473 e. The van der Waals surface area contributed by atoms with E-state index in [1.807, 2.05) is 6.92 Å². The van der Waals surface area contributed by atoms with Crippen molar-refractivity contribution in [3.05, 3.63) is 32.6 Å². The van der Waals surface area contributed by atoms with E-state index in [0.717, 1.165) is 42.7 Å². The first-order chi connectivity index (χ1) is 11.6. The molecule has 2 N–H and O–H groups in total. The number of carboxylic acids is 2. The number of aryl methyl sites for hydroxylation is 1. The van der Waals surface area contributed by atoms with E-state index in [-0.39, 0.29) is 11.2 Å². The van der Waals surface area contributed by atoms with Crippen LogP contribution in [0.25, 0.3) is 0 Å². The van der Waals surface area contributed by atoms with Crippen LogP contribution in [0, 0.1) is 6.92 Å². The fraction of sp³-hybridized carbons (Fsp3) is 0.625. The molecule has 0 amide bonds. The molecule has 0 aliphatic carbocycles. The van der Waals surface area contributed by atoms with Crippen molar-refractivity contribution in [1.29, 1.82) is 0 Å². The number of carboxylic acid groups (broad SMARTS) is 2. The predicted molar refractivity (Wildman–Crippen MR) is 93.0 cm³/mol. The molecular formula is C16H27N3O6. The molecule has 0 aromatic carbocycles. The van der Waals surface area contributed by atoms with Gasteiger partial charge >= 0.3 is 17.6 Å². The van der Waals surface area contributed by atoms with Gasteiger partial charge in [0.1, 0.15) is 0 Å². The summed E-state index contributed by atoms with van der Waals surface area (Å²) in [7, 11) is 1.52. The maximum atomic E-state index is 12.0. The molecule has 0 spiro atoms. The Hall–Kier alpha value is -2.42. The monoisotopic (exact) mass is 357 g/mol. The zero-order chi connectivity index (χ0) is 19.6. The average molecular weight is 357 g/mol. The molecule has 0 bridgehead atoms. The van der Waals surface area contributed by atoms with Crippen molar-refractivity contribution in [1.82, 2.24) is 14.0 Å². The number of hydrogen-bond acceptors (Lipinski definition) is 5. The van der Waals surface area contributed by atoms with Crippen molar-refractivity contribution in [2.75, 3.05) is 19.6 Å². The Morgan fingerprint density at radius 2 is 1.60 bits per heavy atom. The first-order valence-corrected chi connectivity index (χ1v) is 8.11. The van der Waals surface area contributed by atoms with Crippen molar-refractivity contribution >= 4 is 11.9 Å². The Morgan fingerprint density at radius 3 is 2.04 bits per heavy atom. The zero-order valence-corrected chi connectivity index (χ0v) is 15.2. The predicted octanol–water partition coefficient (Wildman–Crippen LogP) is 0.133. The van der Waals surface area contributed by atoms with Crippen LogP contribution < -0.4 is 11.2 Å². The lowest BCUT2D eigenvalue weighted by molar-refractivity contribution is -0.159. The summed E-state index contributed by atoms with van der Waals surface area (Å²) in [6.45, 7) is 10.0. The minimum absolute atomic E-state index is 0.215. The molecule has 0 aliphatic heterocycles. The van der Waals surface area contributed by atoms with Crippen LogP contribution in [0.3, 0.4) is 0 Å². The average Bonchev–Trinajstić information content (AvgIpc) is 2.56. The van der Waals surface area contributed by atoms with E-state index in [1.54, 1.807) is 4.57 Å². The number of nitrogens with zero attached hydrogens (tertiary/aromatic N) is 3. The van der Waals surface area contributed by atoms with E-state index in [2.05, 4.69) is 18.7 Å². The van der Waals surface area contributed by atoms with Gasteiger partial charge in [-0.1, -0.05) is 13.8 Å². The standard InChI is InChI=1S/C14H25N3O2.C2H2O4/c1-5-16(6-2)9-7-8-10-17-12(3)11-13(18)15(4)14(17)19;3-1(4)2(5)6/h11H,5-10H2,1-4H3;(H,3,4)(H,5,6). The SMILES string of the molecule is CCN(CC)CCCCn1c(C)cc(=O)n(C)c1=O.O=C(O)C(=O)O. The molecule has 1 rings (SSSR count). The van der Waals surface area contributed by atoms with Gasteiger partial charge in [-0.3, -0.25) is 13.9 Å². The van der Waals surface area contributed by atoms with Gasteiger partial charge in [0.2, 0.25) is 0 Å². The first-order valence-electron chi connectivity index (χ1n) is 8.11. The van der Waals surface area contributed by atoms with Gasteiger partial charge in [-0.05, 0) is 39.4 Å². The van der Waals surface area contributed by atoms with Gasteiger partial charge in [0.05, 0.1) is 0 Å². The van der Waals surface area contributed by atoms with Crippen LogP contribution in [0.1, 0.15) is 32.4 Å². The van der Waals surface area contributed by atoms with Gasteiger partial charge in [-0.15, -0.1) is 0 Å². The Labute approximate surface area is 146 Å². The highest BCUT2D eigenvalue weighted by atomic mass is 16.4. The quantitative estimate of drug-likeness (QED) is 0.525. The molecule has 0 fully saturated rings. The Kier molecular flexibility index (Phi) is 10.1. The number of aliphatic carboxylic acids is 2. The molecular weight excluding hydrogens is 330 g/mol. The molecule has 0 saturated carbocycles. The van der Waals surface area contributed by atoms with Crippen molar-refractivity contribution < 1.29 is 19.8 Å². The van der Waals surface area contributed by atoms with Gasteiger partial charge in [0.25, 0.3) is 5.56 Å². The molecule has 0 saturated heterocycles. The summed E-state index contributed by atoms with van der Waals surface area (Å²) in [4.78, 5) is 44.0. The maximum absolute atomic E-state index is 12.0. The van der Waals surface area contributed by atoms with Crippen molar-refractivity contribution in [2.45, 2.75) is 40.2 Å². The van der Waals surface area contributed by atoms with Crippen molar-refractivity contribution in [2.24, 2.45) is 7.05 Å². The number of hydrogen-bond donors (Lipinski definition) is 2. The fourth-order valence-electron chi connectivity index (χ4n) is 2.20. The van der Waals surface area contributed by atoms with Crippen LogP contribution >= 0.6 is 0 Å². The lowest BCUT2D eigenvalue weighted by atomic mass is 10.2. The second kappa shape index (κ2) is 11.2. The number of rotatable bonds is 7. The summed E-state index contributed by atoms with van der Waals surface area (Å²) >= 11 is 0. The molecule has 1 aromatic rings. The third kappa shape index (κ3) is 7.79. The van der Waals surface area contributed by atoms with Crippen LogP contribution in [0.15, 0.2) is 15.7 Å². The van der Waals surface area contributed by atoms with Gasteiger partial charge in [-0.2, -0.15) is 0 Å². The zero-order valence-electron chi connectivity index (χ0n) is 15.2. The van der Waals surface area contributed by atoms with E-state index in [1.165, 1.54) is 13.1 Å². The highest BCUT2D eigenvalue weighted by Crippen LogP contribution is 1.99. The lowest BCUT2D eigenvalue weighted by Crippen LogP contribution is -2.38. The van der Waals surface area contributed by atoms with Crippen LogP contribution in [0.2, 0.25) is 0 Å². The van der Waals surface area contributed by atoms with E-state index < -0.39 is 11.9 Å². The van der Waals surface area contributed by atoms with Crippen LogP contribution in [-0.2, 0) is 23.2 Å². The van der Waals surface area contributed by atoms with Crippen LogP contribution in [0.4, 0.5) is 0 Å². The summed E-state index contributed by atoms with van der Waals surface area (Å²) in [5, 5.41) is 14.8. The highest BCUT2D eigenvalue weighted by molar-refractivity contribution is 6.27. The molecule has 0 atom stereocenters. The van der Waals surface area contributed by atoms with Gasteiger partial charge in [-0.25, -0.2) is 14.4 Å². The van der Waals surface area contributed by atoms with Crippen LogP contribution in [-0.4, -0.2) is 55.8 Å². The van der Waals surface area contributed by atoms with Gasteiger partial charge in [0.15, 0.2) is 0 Å². The molecule has 9 nitrogen and oxygen atoms in total. The Bertz CT molecular complexity index is 676. The largest absolute Gasteiger partial charge is 0.473 e. The van der Waals surface area contributed by atoms with Crippen molar-refractivity contribution in [3.8, 4) is 0 Å². The molecule has 0 unspecified atom stereocenters. The summed E-state index contributed by atoms with van der Waals surface area (Å²) in [6.07, 6.45) is 2.02. The summed E-state index contributed by atoms with van der Waals surface area (Å²) in [6, 6.07) is 1.52. The molecule has 142 valence electrons. The molecule has 9 heteroatoms. The van der Waals surface area contributed by atoms with E-state index in [0.29, 0.717) is 6.54 Å². The normalized spacial score (nSPS) is 10.3. The molecule has 0 radical (unpaired) electrons. The van der Waals surface area contributed by atoms with E-state index >= 15 is 0 Å². The minimum atomic E-state index is -1.82. The third-order valence-electron chi connectivity index (χ3n) is 3.79. The molecule has 1 heterocycles. The lowest BCUT2D eigenvalue weighted by Gasteiger charge is -2.18.